The Kier molecular flexibility index (Phi) is 6.55. The SMILES string of the molecule is CCOc1ccc(C(=O)N2CCC(Oc3cccc4cccnc34)CC2)cc1OCC. The number of fused-ring (bicyclic) bond motifs is 1. The van der Waals surface area contributed by atoms with Crippen LogP contribution in [0.25, 0.3) is 10.9 Å². The van der Waals surface area contributed by atoms with E-state index in [1.54, 1.807) is 18.3 Å². The number of nitrogens with zero attached hydrogens (tertiary/aromatic N) is 2. The van der Waals surface area contributed by atoms with Gasteiger partial charge in [0, 0.05) is 43.1 Å². The molecule has 0 saturated carbocycles. The zero-order chi connectivity index (χ0) is 21.6. The van der Waals surface area contributed by atoms with E-state index in [9.17, 15) is 4.79 Å². The summed E-state index contributed by atoms with van der Waals surface area (Å²) in [6.45, 7) is 6.21. The number of amides is 1. The summed E-state index contributed by atoms with van der Waals surface area (Å²) >= 11 is 0. The van der Waals surface area contributed by atoms with Gasteiger partial charge >= 0.3 is 0 Å². The molecule has 162 valence electrons. The molecule has 31 heavy (non-hydrogen) atoms. The zero-order valence-electron chi connectivity index (χ0n) is 18.0. The Bertz CT molecular complexity index is 1040. The Morgan fingerprint density at radius 1 is 0.968 bits per heavy atom. The lowest BCUT2D eigenvalue weighted by molar-refractivity contribution is 0.0597. The Morgan fingerprint density at radius 3 is 2.48 bits per heavy atom. The molecule has 3 aromatic rings. The highest BCUT2D eigenvalue weighted by atomic mass is 16.5. The second-order valence-corrected chi connectivity index (χ2v) is 7.47. The number of carbonyl (C=O) groups is 1. The summed E-state index contributed by atoms with van der Waals surface area (Å²) in [6.07, 6.45) is 3.41. The van der Waals surface area contributed by atoms with Gasteiger partial charge in [-0.3, -0.25) is 9.78 Å². The smallest absolute Gasteiger partial charge is 0.253 e. The van der Waals surface area contributed by atoms with E-state index in [0.29, 0.717) is 43.4 Å². The van der Waals surface area contributed by atoms with Crippen molar-refractivity contribution in [3.05, 3.63) is 60.3 Å². The second-order valence-electron chi connectivity index (χ2n) is 7.47. The molecule has 0 bridgehead atoms. The number of ether oxygens (including phenoxy) is 3. The van der Waals surface area contributed by atoms with Crippen molar-refractivity contribution in [2.24, 2.45) is 0 Å². The highest BCUT2D eigenvalue weighted by Crippen LogP contribution is 2.30. The van der Waals surface area contributed by atoms with E-state index in [-0.39, 0.29) is 12.0 Å². The van der Waals surface area contributed by atoms with Crippen molar-refractivity contribution in [1.82, 2.24) is 9.88 Å². The molecule has 1 aliphatic heterocycles. The number of benzene rings is 2. The van der Waals surface area contributed by atoms with Crippen molar-refractivity contribution < 1.29 is 19.0 Å². The molecule has 1 aromatic heterocycles. The lowest BCUT2D eigenvalue weighted by Crippen LogP contribution is -2.41. The molecular weight excluding hydrogens is 392 g/mol. The first-order valence-electron chi connectivity index (χ1n) is 10.9. The maximum atomic E-state index is 13.0. The van der Waals surface area contributed by atoms with E-state index in [4.69, 9.17) is 14.2 Å². The summed E-state index contributed by atoms with van der Waals surface area (Å²) in [5.74, 6) is 2.08. The van der Waals surface area contributed by atoms with Crippen LogP contribution >= 0.6 is 0 Å². The monoisotopic (exact) mass is 420 g/mol. The van der Waals surface area contributed by atoms with Crippen LogP contribution in [0.4, 0.5) is 0 Å². The summed E-state index contributed by atoms with van der Waals surface area (Å²) in [7, 11) is 0. The minimum Gasteiger partial charge on any atom is -0.490 e. The third-order valence-corrected chi connectivity index (χ3v) is 5.41. The number of rotatable bonds is 7. The van der Waals surface area contributed by atoms with Gasteiger partial charge in [-0.25, -0.2) is 0 Å². The van der Waals surface area contributed by atoms with Gasteiger partial charge in [-0.05, 0) is 44.2 Å². The van der Waals surface area contributed by atoms with Gasteiger partial charge in [0.15, 0.2) is 11.5 Å². The van der Waals surface area contributed by atoms with Crippen LogP contribution < -0.4 is 14.2 Å². The molecule has 0 atom stereocenters. The first kappa shape index (κ1) is 21.0. The van der Waals surface area contributed by atoms with E-state index in [1.165, 1.54) is 0 Å². The minimum atomic E-state index is 0.00859. The standard InChI is InChI=1S/C25H28N2O4/c1-3-29-21-11-10-19(17-23(21)30-4-2)25(28)27-15-12-20(13-16-27)31-22-9-5-7-18-8-6-14-26-24(18)22/h5-11,14,17,20H,3-4,12-13,15-16H2,1-2H3. The number of hydrogen-bond acceptors (Lipinski definition) is 5. The second kappa shape index (κ2) is 9.69. The molecule has 1 saturated heterocycles. The largest absolute Gasteiger partial charge is 0.490 e. The van der Waals surface area contributed by atoms with E-state index in [1.807, 2.05) is 55.1 Å². The van der Waals surface area contributed by atoms with Gasteiger partial charge in [0.2, 0.25) is 0 Å². The van der Waals surface area contributed by atoms with Crippen LogP contribution in [0.3, 0.4) is 0 Å². The lowest BCUT2D eigenvalue weighted by atomic mass is 10.1. The molecule has 0 unspecified atom stereocenters. The number of carbonyl (C=O) groups excluding carboxylic acids is 1. The van der Waals surface area contributed by atoms with E-state index in [2.05, 4.69) is 4.98 Å². The third-order valence-electron chi connectivity index (χ3n) is 5.41. The van der Waals surface area contributed by atoms with E-state index < -0.39 is 0 Å². The Hall–Kier alpha value is -3.28. The number of aromatic nitrogens is 1. The van der Waals surface area contributed by atoms with Gasteiger partial charge < -0.3 is 19.1 Å². The normalized spacial score (nSPS) is 14.5. The number of para-hydroxylation sites is 1. The molecule has 0 spiro atoms. The Balaban J connectivity index is 1.40. The van der Waals surface area contributed by atoms with Gasteiger partial charge in [-0.15, -0.1) is 0 Å². The van der Waals surface area contributed by atoms with Gasteiger partial charge in [0.05, 0.1) is 13.2 Å². The third kappa shape index (κ3) is 4.74. The van der Waals surface area contributed by atoms with Crippen LogP contribution in [0.2, 0.25) is 0 Å². The van der Waals surface area contributed by atoms with Crippen LogP contribution in [0.1, 0.15) is 37.0 Å². The molecule has 2 heterocycles. The molecule has 0 radical (unpaired) electrons. The van der Waals surface area contributed by atoms with Gasteiger partial charge in [-0.1, -0.05) is 18.2 Å². The van der Waals surface area contributed by atoms with E-state index in [0.717, 1.165) is 29.5 Å². The molecule has 1 aliphatic rings. The van der Waals surface area contributed by atoms with Crippen molar-refractivity contribution in [2.45, 2.75) is 32.8 Å². The van der Waals surface area contributed by atoms with Crippen LogP contribution in [0.5, 0.6) is 17.2 Å². The summed E-state index contributed by atoms with van der Waals surface area (Å²) in [6, 6.07) is 15.3. The summed E-state index contributed by atoms with van der Waals surface area (Å²) < 4.78 is 17.5. The average Bonchev–Trinajstić information content (AvgIpc) is 2.81. The molecule has 0 N–H and O–H groups in total. The predicted octanol–water partition coefficient (Wildman–Crippen LogP) is 4.72. The first-order valence-corrected chi connectivity index (χ1v) is 10.9. The molecule has 4 rings (SSSR count). The molecular formula is C25H28N2O4. The Labute approximate surface area is 182 Å². The fourth-order valence-electron chi connectivity index (χ4n) is 3.89. The van der Waals surface area contributed by atoms with Crippen LogP contribution in [-0.4, -0.2) is 48.2 Å². The van der Waals surface area contributed by atoms with Gasteiger partial charge in [0.1, 0.15) is 17.4 Å². The van der Waals surface area contributed by atoms with Crippen molar-refractivity contribution >= 4 is 16.8 Å². The first-order chi connectivity index (χ1) is 15.2. The average molecular weight is 421 g/mol. The molecule has 0 aliphatic carbocycles. The minimum absolute atomic E-state index is 0.00859. The van der Waals surface area contributed by atoms with Gasteiger partial charge in [0.25, 0.3) is 5.91 Å². The lowest BCUT2D eigenvalue weighted by Gasteiger charge is -2.32. The van der Waals surface area contributed by atoms with Crippen molar-refractivity contribution in [2.75, 3.05) is 26.3 Å². The molecule has 1 amide bonds. The van der Waals surface area contributed by atoms with Crippen molar-refractivity contribution in [3.8, 4) is 17.2 Å². The quantitative estimate of drug-likeness (QED) is 0.554. The maximum Gasteiger partial charge on any atom is 0.253 e. The number of piperidine rings is 1. The fourth-order valence-corrected chi connectivity index (χ4v) is 3.89. The van der Waals surface area contributed by atoms with Crippen LogP contribution in [0.15, 0.2) is 54.7 Å². The van der Waals surface area contributed by atoms with Crippen LogP contribution in [0, 0.1) is 0 Å². The number of pyridine rings is 1. The van der Waals surface area contributed by atoms with Gasteiger partial charge in [-0.2, -0.15) is 0 Å². The van der Waals surface area contributed by atoms with Crippen molar-refractivity contribution in [1.29, 1.82) is 0 Å². The summed E-state index contributed by atoms with van der Waals surface area (Å²) in [4.78, 5) is 19.4. The molecule has 6 nitrogen and oxygen atoms in total. The highest BCUT2D eigenvalue weighted by Gasteiger charge is 2.26. The zero-order valence-corrected chi connectivity index (χ0v) is 18.0. The van der Waals surface area contributed by atoms with Crippen molar-refractivity contribution in [3.63, 3.8) is 0 Å². The number of likely N-dealkylation sites (tertiary alicyclic amines) is 1. The summed E-state index contributed by atoms with van der Waals surface area (Å²) in [5.41, 5.74) is 1.49. The maximum absolute atomic E-state index is 13.0. The van der Waals surface area contributed by atoms with E-state index >= 15 is 0 Å². The number of hydrogen-bond donors (Lipinski definition) is 0. The summed E-state index contributed by atoms with van der Waals surface area (Å²) in [5, 5.41) is 1.06. The highest BCUT2D eigenvalue weighted by molar-refractivity contribution is 5.95. The Morgan fingerprint density at radius 2 is 1.71 bits per heavy atom. The predicted molar refractivity (Wildman–Crippen MR) is 120 cm³/mol. The topological polar surface area (TPSA) is 60.9 Å². The molecule has 6 heteroatoms. The van der Waals surface area contributed by atoms with Crippen LogP contribution in [-0.2, 0) is 0 Å². The molecule has 1 fully saturated rings. The molecule has 2 aromatic carbocycles. The fraction of sp³-hybridized carbons (Fsp3) is 0.360.